The number of carbonyl (C=O) groups excluding carboxylic acids is 1. The summed E-state index contributed by atoms with van der Waals surface area (Å²) in [5, 5.41) is 2.96. The van der Waals surface area contributed by atoms with Gasteiger partial charge < -0.3 is 9.88 Å². The number of nitrogens with one attached hydrogen (secondary N) is 1. The third-order valence-corrected chi connectivity index (χ3v) is 7.15. The molecule has 1 amide bonds. The lowest BCUT2D eigenvalue weighted by Gasteiger charge is -2.32. The van der Waals surface area contributed by atoms with Crippen LogP contribution in [0, 0.1) is 6.92 Å². The minimum Gasteiger partial charge on any atom is -0.327 e. The number of amides is 1. The minimum absolute atomic E-state index is 0.146. The Morgan fingerprint density at radius 3 is 2.50 bits per heavy atom. The summed E-state index contributed by atoms with van der Waals surface area (Å²) in [5.41, 5.74) is 4.22. The molecule has 0 bridgehead atoms. The fraction of sp³-hybridized carbons (Fsp3) is 0.391. The van der Waals surface area contributed by atoms with Gasteiger partial charge in [0.2, 0.25) is 10.0 Å². The maximum atomic E-state index is 12.6. The maximum Gasteiger partial charge on any atom is 0.255 e. The molecule has 0 spiro atoms. The topological polar surface area (TPSA) is 87.5 Å². The number of benzene rings is 2. The Morgan fingerprint density at radius 1 is 1.09 bits per heavy atom. The van der Waals surface area contributed by atoms with Crippen molar-refractivity contribution >= 4 is 32.7 Å². The monoisotopic (exact) mass is 455 g/mol. The highest BCUT2D eigenvalue weighted by Gasteiger charge is 2.24. The first-order valence-corrected chi connectivity index (χ1v) is 12.6. The van der Waals surface area contributed by atoms with Crippen LogP contribution in [0.15, 0.2) is 42.5 Å². The number of fused-ring (bicyclic) bond motifs is 1. The molecule has 3 aromatic rings. The van der Waals surface area contributed by atoms with Crippen molar-refractivity contribution in [3.05, 3.63) is 59.4 Å². The van der Waals surface area contributed by atoms with E-state index in [4.69, 9.17) is 4.98 Å². The van der Waals surface area contributed by atoms with Crippen molar-refractivity contribution in [2.24, 2.45) is 0 Å². The van der Waals surface area contributed by atoms with Crippen molar-refractivity contribution in [1.29, 1.82) is 0 Å². The number of aryl methyl sites for hydroxylation is 2. The lowest BCUT2D eigenvalue weighted by atomic mass is 10.1. The lowest BCUT2D eigenvalue weighted by molar-refractivity contribution is 0.102. The molecule has 1 aliphatic rings. The molecule has 9 heteroatoms. The quantitative estimate of drug-likeness (QED) is 0.618. The van der Waals surface area contributed by atoms with Gasteiger partial charge in [-0.05, 0) is 44.2 Å². The molecule has 32 heavy (non-hydrogen) atoms. The van der Waals surface area contributed by atoms with Crippen LogP contribution >= 0.6 is 0 Å². The van der Waals surface area contributed by atoms with Crippen LogP contribution in [0.4, 0.5) is 5.69 Å². The van der Waals surface area contributed by atoms with Gasteiger partial charge in [0.25, 0.3) is 5.91 Å². The molecule has 2 heterocycles. The van der Waals surface area contributed by atoms with Gasteiger partial charge in [0.05, 0.1) is 23.8 Å². The molecule has 0 unspecified atom stereocenters. The number of rotatable bonds is 6. The van der Waals surface area contributed by atoms with Crippen LogP contribution in [0.3, 0.4) is 0 Å². The Balaban J connectivity index is 1.51. The summed E-state index contributed by atoms with van der Waals surface area (Å²) in [5.74, 6) is 0.796. The number of aromatic nitrogens is 2. The zero-order chi connectivity index (χ0) is 22.9. The van der Waals surface area contributed by atoms with Gasteiger partial charge in [-0.15, -0.1) is 0 Å². The van der Waals surface area contributed by atoms with Crippen LogP contribution < -0.4 is 5.32 Å². The minimum atomic E-state index is -3.14. The van der Waals surface area contributed by atoms with Crippen molar-refractivity contribution in [3.8, 4) is 0 Å². The number of anilines is 1. The van der Waals surface area contributed by atoms with Crippen LogP contribution in [-0.4, -0.2) is 65.5 Å². The van der Waals surface area contributed by atoms with E-state index in [-0.39, 0.29) is 5.91 Å². The Bertz CT molecular complexity index is 1240. The van der Waals surface area contributed by atoms with Gasteiger partial charge in [-0.2, -0.15) is 4.31 Å². The highest BCUT2D eigenvalue weighted by Crippen LogP contribution is 2.23. The van der Waals surface area contributed by atoms with Crippen LogP contribution in [0.25, 0.3) is 11.0 Å². The molecular formula is C23H29N5O3S. The predicted molar refractivity (Wildman–Crippen MR) is 126 cm³/mol. The summed E-state index contributed by atoms with van der Waals surface area (Å²) in [4.78, 5) is 19.7. The average Bonchev–Trinajstić information content (AvgIpc) is 3.09. The predicted octanol–water partition coefficient (Wildman–Crippen LogP) is 2.69. The second-order valence-electron chi connectivity index (χ2n) is 8.24. The number of imidazole rings is 1. The molecule has 2 aromatic carbocycles. The second-order valence-corrected chi connectivity index (χ2v) is 10.2. The van der Waals surface area contributed by atoms with Gasteiger partial charge in [0.1, 0.15) is 5.82 Å². The third-order valence-electron chi connectivity index (χ3n) is 5.85. The number of nitrogens with zero attached hydrogens (tertiary/aromatic N) is 4. The molecule has 1 saturated heterocycles. The average molecular weight is 456 g/mol. The molecule has 4 rings (SSSR count). The van der Waals surface area contributed by atoms with Crippen molar-refractivity contribution in [2.75, 3.05) is 37.8 Å². The smallest absolute Gasteiger partial charge is 0.255 e. The summed E-state index contributed by atoms with van der Waals surface area (Å²) < 4.78 is 27.2. The molecule has 0 atom stereocenters. The summed E-state index contributed by atoms with van der Waals surface area (Å²) in [6.45, 7) is 7.84. The summed E-state index contributed by atoms with van der Waals surface area (Å²) in [7, 11) is -3.14. The van der Waals surface area contributed by atoms with Crippen LogP contribution in [0.1, 0.15) is 28.7 Å². The number of piperazine rings is 1. The van der Waals surface area contributed by atoms with E-state index in [1.165, 1.54) is 10.6 Å². The van der Waals surface area contributed by atoms with Gasteiger partial charge in [0.15, 0.2) is 0 Å². The van der Waals surface area contributed by atoms with Crippen LogP contribution in [-0.2, 0) is 23.1 Å². The van der Waals surface area contributed by atoms with Gasteiger partial charge >= 0.3 is 0 Å². The summed E-state index contributed by atoms with van der Waals surface area (Å²) in [6.07, 6.45) is 1.26. The first-order valence-electron chi connectivity index (χ1n) is 10.8. The normalized spacial score (nSPS) is 15.8. The molecule has 1 fully saturated rings. The highest BCUT2D eigenvalue weighted by molar-refractivity contribution is 7.88. The van der Waals surface area contributed by atoms with Gasteiger partial charge in [-0.25, -0.2) is 13.4 Å². The molecular weight excluding hydrogens is 426 g/mol. The molecule has 0 radical (unpaired) electrons. The highest BCUT2D eigenvalue weighted by atomic mass is 32.2. The number of carbonyl (C=O) groups is 1. The van der Waals surface area contributed by atoms with E-state index in [9.17, 15) is 13.2 Å². The first-order chi connectivity index (χ1) is 15.2. The Hall–Kier alpha value is -2.75. The Kier molecular flexibility index (Phi) is 6.32. The van der Waals surface area contributed by atoms with Crippen LogP contribution in [0.2, 0.25) is 0 Å². The zero-order valence-electron chi connectivity index (χ0n) is 18.7. The van der Waals surface area contributed by atoms with E-state index in [1.807, 2.05) is 43.3 Å². The molecule has 1 aliphatic heterocycles. The standard InChI is InChI=1S/C23H29N5O3S/c1-4-28-21-9-8-19(24-23(29)18-7-5-6-17(2)14-18)15-20(21)25-22(28)16-26-10-12-27(13-11-26)32(3,30)31/h5-9,14-15H,4,10-13,16H2,1-3H3,(H,24,29). The van der Waals surface area contributed by atoms with Crippen molar-refractivity contribution < 1.29 is 13.2 Å². The molecule has 1 N–H and O–H groups in total. The summed E-state index contributed by atoms with van der Waals surface area (Å²) >= 11 is 0. The maximum absolute atomic E-state index is 12.6. The zero-order valence-corrected chi connectivity index (χ0v) is 19.5. The van der Waals surface area contributed by atoms with E-state index in [1.54, 1.807) is 6.07 Å². The van der Waals surface area contributed by atoms with Gasteiger partial charge in [-0.3, -0.25) is 9.69 Å². The van der Waals surface area contributed by atoms with Crippen molar-refractivity contribution in [1.82, 2.24) is 18.8 Å². The Morgan fingerprint density at radius 2 is 1.84 bits per heavy atom. The van der Waals surface area contributed by atoms with E-state index < -0.39 is 10.0 Å². The number of hydrogen-bond acceptors (Lipinski definition) is 5. The van der Waals surface area contributed by atoms with E-state index in [0.717, 1.165) is 29.0 Å². The van der Waals surface area contributed by atoms with E-state index in [2.05, 4.69) is 21.7 Å². The van der Waals surface area contributed by atoms with E-state index >= 15 is 0 Å². The third kappa shape index (κ3) is 4.85. The van der Waals surface area contributed by atoms with Crippen molar-refractivity contribution in [3.63, 3.8) is 0 Å². The van der Waals surface area contributed by atoms with Gasteiger partial charge in [-0.1, -0.05) is 17.7 Å². The molecule has 170 valence electrons. The Labute approximate surface area is 188 Å². The van der Waals surface area contributed by atoms with E-state index in [0.29, 0.717) is 44.0 Å². The SMILES string of the molecule is CCn1c(CN2CCN(S(C)(=O)=O)CC2)nc2cc(NC(=O)c3cccc(C)c3)ccc21. The molecule has 1 aromatic heterocycles. The number of sulfonamides is 1. The number of hydrogen-bond donors (Lipinski definition) is 1. The first kappa shape index (κ1) is 22.4. The summed E-state index contributed by atoms with van der Waals surface area (Å²) in [6, 6.07) is 13.3. The van der Waals surface area contributed by atoms with Crippen molar-refractivity contribution in [2.45, 2.75) is 26.9 Å². The van der Waals surface area contributed by atoms with Gasteiger partial charge in [0, 0.05) is 44.0 Å². The lowest BCUT2D eigenvalue weighted by Crippen LogP contribution is -2.48. The fourth-order valence-corrected chi connectivity index (χ4v) is 4.97. The second kappa shape index (κ2) is 9.01. The fourth-order valence-electron chi connectivity index (χ4n) is 4.14. The molecule has 0 saturated carbocycles. The largest absolute Gasteiger partial charge is 0.327 e. The molecule has 0 aliphatic carbocycles. The molecule has 8 nitrogen and oxygen atoms in total. The van der Waals surface area contributed by atoms with Crippen LogP contribution in [0.5, 0.6) is 0 Å².